The van der Waals surface area contributed by atoms with Crippen LogP contribution in [0.5, 0.6) is 0 Å². The Bertz CT molecular complexity index is 1650. The molecule has 47 heavy (non-hydrogen) atoms. The molecule has 3 fully saturated rings. The molecule has 8 heteroatoms. The number of carbonyl (C=O) groups is 3. The minimum absolute atomic E-state index is 0.00268. The van der Waals surface area contributed by atoms with Gasteiger partial charge in [0.05, 0.1) is 28.4 Å². The van der Waals surface area contributed by atoms with Crippen LogP contribution in [0.1, 0.15) is 107 Å². The monoisotopic (exact) mass is 643 g/mol. The van der Waals surface area contributed by atoms with Gasteiger partial charge in [0.2, 0.25) is 5.91 Å². The summed E-state index contributed by atoms with van der Waals surface area (Å²) in [5.41, 5.74) is 1.27. The van der Waals surface area contributed by atoms with Gasteiger partial charge in [-0.25, -0.2) is 0 Å². The maximum Gasteiger partial charge on any atom is 0.303 e. The topological polar surface area (TPSA) is 122 Å². The van der Waals surface area contributed by atoms with Crippen molar-refractivity contribution in [2.24, 2.45) is 28.6 Å². The summed E-state index contributed by atoms with van der Waals surface area (Å²) in [6.45, 7) is 19.2. The van der Waals surface area contributed by atoms with Gasteiger partial charge in [0.15, 0.2) is 11.9 Å². The van der Waals surface area contributed by atoms with Crippen LogP contribution in [0.15, 0.2) is 48.1 Å². The lowest BCUT2D eigenvalue weighted by Crippen LogP contribution is -2.70. The first-order chi connectivity index (χ1) is 21.9. The van der Waals surface area contributed by atoms with Crippen molar-refractivity contribution in [2.75, 3.05) is 5.32 Å². The first-order valence-corrected chi connectivity index (χ1v) is 17.3. The Hall–Kier alpha value is -3.07. The first kappa shape index (κ1) is 32.5. The van der Waals surface area contributed by atoms with Crippen LogP contribution in [0.3, 0.4) is 0 Å². The van der Waals surface area contributed by atoms with Crippen LogP contribution in [0.2, 0.25) is 0 Å². The number of rotatable bonds is 3. The van der Waals surface area contributed by atoms with Crippen molar-refractivity contribution in [3.8, 4) is 0 Å². The van der Waals surface area contributed by atoms with E-state index in [0.29, 0.717) is 48.9 Å². The zero-order chi connectivity index (χ0) is 34.0. The summed E-state index contributed by atoms with van der Waals surface area (Å²) in [6.07, 6.45) is 3.79. The lowest BCUT2D eigenvalue weighted by atomic mass is 9.41. The third kappa shape index (κ3) is 4.39. The van der Waals surface area contributed by atoms with Crippen molar-refractivity contribution in [3.05, 3.63) is 64.8 Å². The number of nitrogens with one attached hydrogen (secondary N) is 1. The van der Waals surface area contributed by atoms with E-state index in [1.165, 1.54) is 6.92 Å². The van der Waals surface area contributed by atoms with Gasteiger partial charge in [-0.2, -0.15) is 0 Å². The summed E-state index contributed by atoms with van der Waals surface area (Å²) in [6, 6.07) is 3.86. The molecule has 0 spiro atoms. The smallest absolute Gasteiger partial charge is 0.303 e. The fourth-order valence-corrected chi connectivity index (χ4v) is 10.7. The number of hydrogen-bond donors (Lipinski definition) is 3. The predicted octanol–water partition coefficient (Wildman–Crippen LogP) is 5.96. The second-order valence-corrected chi connectivity index (χ2v) is 16.4. The summed E-state index contributed by atoms with van der Waals surface area (Å²) in [5, 5.41) is 27.1. The molecule has 7 rings (SSSR count). The van der Waals surface area contributed by atoms with Crippen LogP contribution >= 0.6 is 0 Å². The number of esters is 1. The second kappa shape index (κ2) is 10.5. The zero-order valence-corrected chi connectivity index (χ0v) is 28.6. The molecule has 0 aromatic heterocycles. The molecule has 252 valence electrons. The number of ketones is 1. The Kier molecular flexibility index (Phi) is 7.23. The van der Waals surface area contributed by atoms with Gasteiger partial charge < -0.3 is 25.0 Å². The minimum atomic E-state index is -1.42. The molecule has 1 aromatic carbocycles. The second-order valence-electron chi connectivity index (χ2n) is 16.4. The molecule has 1 amide bonds. The highest BCUT2D eigenvalue weighted by molar-refractivity contribution is 6.09. The largest absolute Gasteiger partial charge is 0.455 e. The number of benzene rings is 1. The zero-order valence-electron chi connectivity index (χ0n) is 28.6. The molecule has 4 aliphatic carbocycles. The van der Waals surface area contributed by atoms with Crippen molar-refractivity contribution in [1.82, 2.24) is 0 Å². The quantitative estimate of drug-likeness (QED) is 0.274. The van der Waals surface area contributed by atoms with Gasteiger partial charge in [-0.05, 0) is 124 Å². The third-order valence-corrected chi connectivity index (χ3v) is 13.5. The fraction of sp³-hybridized carbons (Fsp3) is 0.615. The number of allylic oxidation sites excluding steroid dienone is 1. The van der Waals surface area contributed by atoms with Gasteiger partial charge in [0, 0.05) is 24.3 Å². The average molecular weight is 644 g/mol. The summed E-state index contributed by atoms with van der Waals surface area (Å²) >= 11 is 0. The maximum atomic E-state index is 14.8. The van der Waals surface area contributed by atoms with Gasteiger partial charge in [0.1, 0.15) is 6.10 Å². The Balaban J connectivity index is 1.31. The summed E-state index contributed by atoms with van der Waals surface area (Å²) < 4.78 is 12.1. The number of Topliss-reactive ketones (excluding diaryl/α,β-unsaturated/α-hetero) is 1. The van der Waals surface area contributed by atoms with Gasteiger partial charge in [-0.15, -0.1) is 0 Å². The number of amides is 1. The van der Waals surface area contributed by atoms with Crippen molar-refractivity contribution in [3.63, 3.8) is 0 Å². The molecule has 2 heterocycles. The van der Waals surface area contributed by atoms with E-state index in [0.717, 1.165) is 28.7 Å². The van der Waals surface area contributed by atoms with Gasteiger partial charge in [-0.3, -0.25) is 14.4 Å². The van der Waals surface area contributed by atoms with Gasteiger partial charge in [-0.1, -0.05) is 31.7 Å². The van der Waals surface area contributed by atoms with Gasteiger partial charge >= 0.3 is 5.97 Å². The fourth-order valence-electron chi connectivity index (χ4n) is 10.7. The van der Waals surface area contributed by atoms with E-state index in [9.17, 15) is 24.6 Å². The summed E-state index contributed by atoms with van der Waals surface area (Å²) in [5.74, 6) is -0.792. The minimum Gasteiger partial charge on any atom is -0.455 e. The molecule has 0 bridgehead atoms. The lowest BCUT2D eigenvalue weighted by molar-refractivity contribution is -0.212. The summed E-state index contributed by atoms with van der Waals surface area (Å²) in [7, 11) is 0. The molecular weight excluding hydrogens is 594 g/mol. The number of fused-ring (bicyclic) bond motifs is 10. The predicted molar refractivity (Wildman–Crippen MR) is 178 cm³/mol. The lowest BCUT2D eigenvalue weighted by Gasteiger charge is -2.65. The van der Waals surface area contributed by atoms with E-state index in [-0.39, 0.29) is 41.8 Å². The van der Waals surface area contributed by atoms with Crippen molar-refractivity contribution >= 4 is 23.3 Å². The highest BCUT2D eigenvalue weighted by atomic mass is 16.6. The molecule has 0 unspecified atom stereocenters. The van der Waals surface area contributed by atoms with Crippen LogP contribution in [-0.2, 0) is 25.5 Å². The van der Waals surface area contributed by atoms with E-state index in [1.54, 1.807) is 0 Å². The number of hydrogen-bond acceptors (Lipinski definition) is 7. The normalized spacial score (nSPS) is 40.7. The molecule has 0 saturated heterocycles. The van der Waals surface area contributed by atoms with E-state index in [1.807, 2.05) is 52.8 Å². The molecular formula is C39H49NO7. The van der Waals surface area contributed by atoms with Crippen molar-refractivity contribution in [2.45, 2.75) is 122 Å². The van der Waals surface area contributed by atoms with Crippen molar-refractivity contribution < 1.29 is 34.1 Å². The average Bonchev–Trinajstić information content (AvgIpc) is 2.94. The van der Waals surface area contributed by atoms with Crippen LogP contribution in [0.25, 0.3) is 0 Å². The number of carbonyl (C=O) groups excluding carboxylic acids is 3. The van der Waals surface area contributed by atoms with Crippen LogP contribution in [0.4, 0.5) is 5.69 Å². The highest BCUT2D eigenvalue weighted by Gasteiger charge is 2.70. The SMILES string of the molecule is C=C1Cc2ccc3c(c2[C@@H]2[C@@H]1C[C@@H]2C(C)(C)O)C(=O)C[C@@H]1CC[C@]2(O)C4=C[C@H](OC(C)=O)[C@H](C(=C)C)O[C@@H]4CC[C@@]2(C)[C@]1(C)C(=O)N3. The van der Waals surface area contributed by atoms with E-state index in [2.05, 4.69) is 18.5 Å². The summed E-state index contributed by atoms with van der Waals surface area (Å²) in [4.78, 5) is 41.4. The Morgan fingerprint density at radius 2 is 1.87 bits per heavy atom. The highest BCUT2D eigenvalue weighted by Crippen LogP contribution is 2.68. The first-order valence-electron chi connectivity index (χ1n) is 17.3. The number of ether oxygens (including phenoxy) is 2. The third-order valence-electron chi connectivity index (χ3n) is 13.5. The molecule has 8 nitrogen and oxygen atoms in total. The standard InChI is InChI=1S/C39H49NO7/c1-19(2)34-30(46-21(4)41)18-25-29(47-34)12-13-37(7)38(8)23(11-14-39(25,37)45)16-28(42)33-27(40-35(38)43)10-9-22-15-20(3)24-17-26(36(5,6)44)32(24)31(22)33/h9-10,18,23-24,26,29-30,32,34,44-45H,1,3,11-17H2,2,4-8H3,(H,40,43)/t23-,24+,26-,29+,30-,32+,34-,37-,38-,39-/m0/s1. The number of anilines is 1. The molecule has 6 aliphatic rings. The van der Waals surface area contributed by atoms with E-state index in [4.69, 9.17) is 9.47 Å². The van der Waals surface area contributed by atoms with Crippen LogP contribution in [0, 0.1) is 28.6 Å². The molecule has 0 radical (unpaired) electrons. The van der Waals surface area contributed by atoms with E-state index >= 15 is 0 Å². The Morgan fingerprint density at radius 3 is 2.53 bits per heavy atom. The molecule has 10 atom stereocenters. The van der Waals surface area contributed by atoms with Crippen LogP contribution < -0.4 is 5.32 Å². The number of aliphatic hydroxyl groups is 2. The molecule has 3 N–H and O–H groups in total. The van der Waals surface area contributed by atoms with Crippen molar-refractivity contribution in [1.29, 1.82) is 0 Å². The van der Waals surface area contributed by atoms with Gasteiger partial charge in [0.25, 0.3) is 0 Å². The molecule has 3 saturated carbocycles. The molecule has 1 aromatic rings. The maximum absolute atomic E-state index is 14.8. The Morgan fingerprint density at radius 1 is 1.15 bits per heavy atom. The van der Waals surface area contributed by atoms with E-state index < -0.39 is 46.3 Å². The van der Waals surface area contributed by atoms with Crippen LogP contribution in [-0.4, -0.2) is 57.4 Å². The molecule has 2 aliphatic heterocycles. The Labute approximate surface area is 277 Å².